The third-order valence-corrected chi connectivity index (χ3v) is 3.30. The fraction of sp³-hybridized carbons (Fsp3) is 0.417. The van der Waals surface area contributed by atoms with Gasteiger partial charge in [0.15, 0.2) is 0 Å². The standard InChI is InChI=1S/C12H18BrN3O/c1-3-16(2)7-6-15-12(17)9-4-5-10(13)11(14)8-9/h4-5,8H,3,6-7,14H2,1-2H3,(H,15,17). The van der Waals surface area contributed by atoms with E-state index in [9.17, 15) is 4.79 Å². The number of amides is 1. The number of benzene rings is 1. The second-order valence-electron chi connectivity index (χ2n) is 3.89. The van der Waals surface area contributed by atoms with Gasteiger partial charge in [0, 0.05) is 28.8 Å². The van der Waals surface area contributed by atoms with E-state index >= 15 is 0 Å². The Morgan fingerprint density at radius 2 is 2.24 bits per heavy atom. The van der Waals surface area contributed by atoms with Gasteiger partial charge in [-0.25, -0.2) is 0 Å². The van der Waals surface area contributed by atoms with Gasteiger partial charge >= 0.3 is 0 Å². The van der Waals surface area contributed by atoms with E-state index in [0.717, 1.165) is 17.6 Å². The van der Waals surface area contributed by atoms with E-state index in [-0.39, 0.29) is 5.91 Å². The van der Waals surface area contributed by atoms with Crippen molar-refractivity contribution in [3.8, 4) is 0 Å². The number of nitrogens with two attached hydrogens (primary N) is 1. The predicted molar refractivity (Wildman–Crippen MR) is 74.1 cm³/mol. The predicted octanol–water partition coefficient (Wildman–Crippen LogP) is 1.71. The average Bonchev–Trinajstić information content (AvgIpc) is 2.32. The van der Waals surface area contributed by atoms with Crippen molar-refractivity contribution in [3.05, 3.63) is 28.2 Å². The molecule has 0 atom stereocenters. The van der Waals surface area contributed by atoms with Crippen LogP contribution in [0.15, 0.2) is 22.7 Å². The summed E-state index contributed by atoms with van der Waals surface area (Å²) < 4.78 is 0.805. The Balaban J connectivity index is 2.50. The Kier molecular flexibility index (Phi) is 5.44. The maximum Gasteiger partial charge on any atom is 0.251 e. The van der Waals surface area contributed by atoms with E-state index in [1.54, 1.807) is 18.2 Å². The van der Waals surface area contributed by atoms with Crippen LogP contribution in [0.3, 0.4) is 0 Å². The number of nitrogens with one attached hydrogen (secondary N) is 1. The van der Waals surface area contributed by atoms with Crippen LogP contribution in [0.4, 0.5) is 5.69 Å². The molecule has 1 amide bonds. The lowest BCUT2D eigenvalue weighted by Gasteiger charge is -2.14. The number of halogens is 1. The van der Waals surface area contributed by atoms with Crippen LogP contribution in [0.5, 0.6) is 0 Å². The maximum atomic E-state index is 11.8. The molecule has 0 aliphatic heterocycles. The molecule has 17 heavy (non-hydrogen) atoms. The molecule has 0 radical (unpaired) electrons. The second kappa shape index (κ2) is 6.61. The highest BCUT2D eigenvalue weighted by Gasteiger charge is 2.06. The lowest BCUT2D eigenvalue weighted by molar-refractivity contribution is 0.0950. The van der Waals surface area contributed by atoms with Crippen molar-refractivity contribution in [3.63, 3.8) is 0 Å². The molecule has 0 bridgehead atoms. The first kappa shape index (κ1) is 14.0. The molecule has 0 unspecified atom stereocenters. The van der Waals surface area contributed by atoms with Gasteiger partial charge in [-0.2, -0.15) is 0 Å². The molecule has 0 aliphatic rings. The van der Waals surface area contributed by atoms with Crippen molar-refractivity contribution < 1.29 is 4.79 Å². The van der Waals surface area contributed by atoms with Gasteiger partial charge in [0.2, 0.25) is 0 Å². The summed E-state index contributed by atoms with van der Waals surface area (Å²) in [5.74, 6) is -0.0892. The van der Waals surface area contributed by atoms with Crippen molar-refractivity contribution in [2.75, 3.05) is 32.4 Å². The minimum atomic E-state index is -0.0892. The quantitative estimate of drug-likeness (QED) is 0.814. The molecule has 3 N–H and O–H groups in total. The Morgan fingerprint density at radius 1 is 1.53 bits per heavy atom. The SMILES string of the molecule is CCN(C)CCNC(=O)c1ccc(Br)c(N)c1. The number of nitrogen functional groups attached to an aromatic ring is 1. The summed E-state index contributed by atoms with van der Waals surface area (Å²) in [7, 11) is 2.02. The highest BCUT2D eigenvalue weighted by molar-refractivity contribution is 9.10. The number of nitrogens with zero attached hydrogens (tertiary/aromatic N) is 1. The molecular weight excluding hydrogens is 282 g/mol. The van der Waals surface area contributed by atoms with Gasteiger partial charge in [0.05, 0.1) is 0 Å². The van der Waals surface area contributed by atoms with Crippen LogP contribution in [0, 0.1) is 0 Å². The Bertz CT molecular complexity index is 395. The fourth-order valence-corrected chi connectivity index (χ4v) is 1.55. The van der Waals surface area contributed by atoms with Crippen LogP contribution in [0.1, 0.15) is 17.3 Å². The smallest absolute Gasteiger partial charge is 0.251 e. The number of carbonyl (C=O) groups excluding carboxylic acids is 1. The summed E-state index contributed by atoms with van der Waals surface area (Å²) in [6, 6.07) is 5.20. The molecule has 0 heterocycles. The fourth-order valence-electron chi connectivity index (χ4n) is 1.31. The Hall–Kier alpha value is -1.07. The maximum absolute atomic E-state index is 11.8. The van der Waals surface area contributed by atoms with Gasteiger partial charge in [-0.05, 0) is 47.7 Å². The zero-order valence-corrected chi connectivity index (χ0v) is 11.8. The second-order valence-corrected chi connectivity index (χ2v) is 4.74. The molecule has 0 fully saturated rings. The van der Waals surface area contributed by atoms with Gasteiger partial charge in [0.25, 0.3) is 5.91 Å². The van der Waals surface area contributed by atoms with Crippen molar-refractivity contribution >= 4 is 27.5 Å². The monoisotopic (exact) mass is 299 g/mol. The first-order chi connectivity index (χ1) is 8.04. The first-order valence-corrected chi connectivity index (χ1v) is 6.35. The summed E-state index contributed by atoms with van der Waals surface area (Å²) in [5.41, 5.74) is 6.88. The van der Waals surface area contributed by atoms with Gasteiger partial charge < -0.3 is 16.0 Å². The molecule has 0 spiro atoms. The zero-order valence-electron chi connectivity index (χ0n) is 10.2. The molecule has 0 aromatic heterocycles. The molecule has 4 nitrogen and oxygen atoms in total. The van der Waals surface area contributed by atoms with Crippen LogP contribution in [-0.2, 0) is 0 Å². The van der Waals surface area contributed by atoms with E-state index in [4.69, 9.17) is 5.73 Å². The lowest BCUT2D eigenvalue weighted by atomic mass is 10.2. The number of hydrogen-bond donors (Lipinski definition) is 2. The van der Waals surface area contributed by atoms with Crippen molar-refractivity contribution in [1.29, 1.82) is 0 Å². The van der Waals surface area contributed by atoms with Crippen LogP contribution in [-0.4, -0.2) is 37.5 Å². The zero-order chi connectivity index (χ0) is 12.8. The van der Waals surface area contributed by atoms with Crippen molar-refractivity contribution in [2.24, 2.45) is 0 Å². The summed E-state index contributed by atoms with van der Waals surface area (Å²) in [6.07, 6.45) is 0. The number of rotatable bonds is 5. The molecule has 1 aromatic rings. The van der Waals surface area contributed by atoms with E-state index in [2.05, 4.69) is 33.1 Å². The van der Waals surface area contributed by atoms with Gasteiger partial charge in [0.1, 0.15) is 0 Å². The number of anilines is 1. The third-order valence-electron chi connectivity index (χ3n) is 2.58. The first-order valence-electron chi connectivity index (χ1n) is 5.56. The van der Waals surface area contributed by atoms with Crippen molar-refractivity contribution in [2.45, 2.75) is 6.92 Å². The van der Waals surface area contributed by atoms with Gasteiger partial charge in [-0.3, -0.25) is 4.79 Å². The van der Waals surface area contributed by atoms with Crippen molar-refractivity contribution in [1.82, 2.24) is 10.2 Å². The number of hydrogen-bond acceptors (Lipinski definition) is 3. The highest BCUT2D eigenvalue weighted by atomic mass is 79.9. The minimum Gasteiger partial charge on any atom is -0.398 e. The molecule has 0 saturated carbocycles. The van der Waals surface area contributed by atoms with E-state index in [0.29, 0.717) is 17.8 Å². The largest absolute Gasteiger partial charge is 0.398 e. The van der Waals surface area contributed by atoms with Crippen LogP contribution in [0.2, 0.25) is 0 Å². The number of carbonyl (C=O) groups is 1. The topological polar surface area (TPSA) is 58.4 Å². The molecule has 0 saturated heterocycles. The molecule has 0 aliphatic carbocycles. The molecule has 94 valence electrons. The van der Waals surface area contributed by atoms with Gasteiger partial charge in [-0.1, -0.05) is 6.92 Å². The Morgan fingerprint density at radius 3 is 2.82 bits per heavy atom. The van der Waals surface area contributed by atoms with E-state index < -0.39 is 0 Å². The summed E-state index contributed by atoms with van der Waals surface area (Å²) in [6.45, 7) is 4.53. The Labute approximate surface area is 110 Å². The molecular formula is C12H18BrN3O. The third kappa shape index (κ3) is 4.36. The minimum absolute atomic E-state index is 0.0892. The average molecular weight is 300 g/mol. The highest BCUT2D eigenvalue weighted by Crippen LogP contribution is 2.19. The van der Waals surface area contributed by atoms with Gasteiger partial charge in [-0.15, -0.1) is 0 Å². The molecule has 1 rings (SSSR count). The van der Waals surface area contributed by atoms with E-state index in [1.165, 1.54) is 0 Å². The van der Waals surface area contributed by atoms with Crippen LogP contribution >= 0.6 is 15.9 Å². The molecule has 1 aromatic carbocycles. The van der Waals surface area contributed by atoms with Crippen LogP contribution in [0.25, 0.3) is 0 Å². The summed E-state index contributed by atoms with van der Waals surface area (Å²) in [5, 5.41) is 2.86. The van der Waals surface area contributed by atoms with Crippen LogP contribution < -0.4 is 11.1 Å². The normalized spacial score (nSPS) is 10.6. The molecule has 5 heteroatoms. The summed E-state index contributed by atoms with van der Waals surface area (Å²) >= 11 is 3.30. The lowest BCUT2D eigenvalue weighted by Crippen LogP contribution is -2.32. The van der Waals surface area contributed by atoms with E-state index in [1.807, 2.05) is 7.05 Å². The summed E-state index contributed by atoms with van der Waals surface area (Å²) in [4.78, 5) is 13.9. The number of likely N-dealkylation sites (N-methyl/N-ethyl adjacent to an activating group) is 1.